The Bertz CT molecular complexity index is 898. The van der Waals surface area contributed by atoms with Crippen molar-refractivity contribution < 1.29 is 28.7 Å². The molecule has 186 valence electrons. The average molecular weight is 474 g/mol. The number of benzene rings is 1. The molecule has 0 saturated carbocycles. The zero-order valence-electron chi connectivity index (χ0n) is 20.4. The van der Waals surface area contributed by atoms with Crippen LogP contribution in [0.2, 0.25) is 0 Å². The highest BCUT2D eigenvalue weighted by molar-refractivity contribution is 5.96. The van der Waals surface area contributed by atoms with Gasteiger partial charge in [-0.25, -0.2) is 9.80 Å². The van der Waals surface area contributed by atoms with Crippen molar-refractivity contribution in [1.29, 1.82) is 0 Å². The van der Waals surface area contributed by atoms with E-state index in [4.69, 9.17) is 9.47 Å². The van der Waals surface area contributed by atoms with E-state index in [9.17, 15) is 19.2 Å². The van der Waals surface area contributed by atoms with Crippen LogP contribution in [0.25, 0.3) is 0 Å². The first-order chi connectivity index (χ1) is 16.1. The Hall–Kier alpha value is -2.94. The van der Waals surface area contributed by atoms with Gasteiger partial charge in [0, 0.05) is 6.54 Å². The number of carbonyl (C=O) groups is 4. The Morgan fingerprint density at radius 1 is 1.18 bits per heavy atom. The fraction of sp³-hybridized carbons (Fsp3) is 0.600. The molecule has 0 spiro atoms. The Labute approximate surface area is 200 Å². The van der Waals surface area contributed by atoms with Gasteiger partial charge in [-0.2, -0.15) is 0 Å². The fourth-order valence-corrected chi connectivity index (χ4v) is 4.31. The van der Waals surface area contributed by atoms with Crippen LogP contribution in [0.1, 0.15) is 58.9 Å². The van der Waals surface area contributed by atoms with E-state index in [0.717, 1.165) is 5.56 Å². The largest absolute Gasteiger partial charge is 0.465 e. The SMILES string of the molecule is CCOC(=O)C(CCc1ccccc1)N[C@H]1CC(=O)N2CCCC(C(=O)OC(C)(C)C)N2C1=O. The molecule has 3 atom stereocenters. The maximum absolute atomic E-state index is 13.5. The molecule has 1 N–H and O–H groups in total. The minimum absolute atomic E-state index is 0.0857. The van der Waals surface area contributed by atoms with Gasteiger partial charge in [0.1, 0.15) is 11.6 Å². The number of nitrogens with zero attached hydrogens (tertiary/aromatic N) is 2. The van der Waals surface area contributed by atoms with E-state index in [0.29, 0.717) is 32.2 Å². The first-order valence-electron chi connectivity index (χ1n) is 11.9. The van der Waals surface area contributed by atoms with Crippen LogP contribution in [0, 0.1) is 0 Å². The maximum Gasteiger partial charge on any atom is 0.331 e. The summed E-state index contributed by atoms with van der Waals surface area (Å²) in [5.41, 5.74) is 0.337. The van der Waals surface area contributed by atoms with Crippen molar-refractivity contribution in [2.45, 2.75) is 83.5 Å². The number of ether oxygens (including phenoxy) is 2. The number of aryl methyl sites for hydroxylation is 1. The minimum atomic E-state index is -0.933. The highest BCUT2D eigenvalue weighted by Gasteiger charge is 2.48. The lowest BCUT2D eigenvalue weighted by Crippen LogP contribution is -2.69. The van der Waals surface area contributed by atoms with Gasteiger partial charge in [-0.3, -0.25) is 24.7 Å². The van der Waals surface area contributed by atoms with Gasteiger partial charge < -0.3 is 9.47 Å². The van der Waals surface area contributed by atoms with E-state index >= 15 is 0 Å². The van der Waals surface area contributed by atoms with Gasteiger partial charge >= 0.3 is 11.9 Å². The lowest BCUT2D eigenvalue weighted by Gasteiger charge is -2.48. The van der Waals surface area contributed by atoms with Gasteiger partial charge in [-0.1, -0.05) is 30.3 Å². The molecule has 34 heavy (non-hydrogen) atoms. The third-order valence-electron chi connectivity index (χ3n) is 5.81. The molecule has 0 aromatic heterocycles. The van der Waals surface area contributed by atoms with Crippen LogP contribution in [-0.2, 0) is 35.1 Å². The first-order valence-corrected chi connectivity index (χ1v) is 11.9. The van der Waals surface area contributed by atoms with Crippen molar-refractivity contribution in [2.75, 3.05) is 13.2 Å². The van der Waals surface area contributed by atoms with Crippen molar-refractivity contribution in [3.05, 3.63) is 35.9 Å². The van der Waals surface area contributed by atoms with E-state index < -0.39 is 41.6 Å². The molecule has 0 bridgehead atoms. The van der Waals surface area contributed by atoms with E-state index in [1.165, 1.54) is 10.0 Å². The summed E-state index contributed by atoms with van der Waals surface area (Å²) in [6.45, 7) is 7.58. The molecule has 1 aromatic carbocycles. The predicted octanol–water partition coefficient (Wildman–Crippen LogP) is 1.99. The molecule has 2 aliphatic rings. The molecule has 9 nitrogen and oxygen atoms in total. The van der Waals surface area contributed by atoms with Gasteiger partial charge in [0.2, 0.25) is 5.91 Å². The quantitative estimate of drug-likeness (QED) is 0.576. The van der Waals surface area contributed by atoms with E-state index in [-0.39, 0.29) is 18.9 Å². The molecule has 2 unspecified atom stereocenters. The van der Waals surface area contributed by atoms with Gasteiger partial charge in [-0.05, 0) is 58.9 Å². The summed E-state index contributed by atoms with van der Waals surface area (Å²) in [5, 5.41) is 5.65. The zero-order chi connectivity index (χ0) is 24.9. The number of hydrogen-bond acceptors (Lipinski definition) is 7. The van der Waals surface area contributed by atoms with E-state index in [1.54, 1.807) is 27.7 Å². The van der Waals surface area contributed by atoms with Crippen LogP contribution in [0.15, 0.2) is 30.3 Å². The Kier molecular flexibility index (Phi) is 8.30. The highest BCUT2D eigenvalue weighted by Crippen LogP contribution is 2.27. The lowest BCUT2D eigenvalue weighted by molar-refractivity contribution is -0.196. The number of hydrazine groups is 1. The molecule has 2 amide bonds. The maximum atomic E-state index is 13.5. The summed E-state index contributed by atoms with van der Waals surface area (Å²) >= 11 is 0. The van der Waals surface area contributed by atoms with Crippen LogP contribution in [0.4, 0.5) is 0 Å². The summed E-state index contributed by atoms with van der Waals surface area (Å²) < 4.78 is 10.7. The number of fused-ring (bicyclic) bond motifs is 1. The standard InChI is InChI=1S/C25H35N3O6/c1-5-33-23(31)18(14-13-17-10-7-6-8-11-17)26-19-16-21(29)27-15-9-12-20(28(27)22(19)30)24(32)34-25(2,3)4/h6-8,10-11,18-20,26H,5,9,12-16H2,1-4H3/t18?,19-,20?/m0/s1. The summed E-state index contributed by atoms with van der Waals surface area (Å²) in [4.78, 5) is 51.9. The van der Waals surface area contributed by atoms with E-state index in [1.807, 2.05) is 30.3 Å². The molecule has 2 fully saturated rings. The van der Waals surface area contributed by atoms with Crippen molar-refractivity contribution in [2.24, 2.45) is 0 Å². The molecule has 0 radical (unpaired) electrons. The molecule has 2 saturated heterocycles. The summed E-state index contributed by atoms with van der Waals surface area (Å²) in [6, 6.07) is 7.13. The number of amides is 2. The number of esters is 2. The Morgan fingerprint density at radius 2 is 1.88 bits per heavy atom. The zero-order valence-corrected chi connectivity index (χ0v) is 20.4. The second kappa shape index (κ2) is 11.0. The summed E-state index contributed by atoms with van der Waals surface area (Å²) in [6.07, 6.45) is 1.92. The van der Waals surface area contributed by atoms with Crippen LogP contribution < -0.4 is 5.32 Å². The van der Waals surface area contributed by atoms with Gasteiger partial charge in [0.25, 0.3) is 5.91 Å². The first kappa shape index (κ1) is 25.7. The molecule has 2 heterocycles. The van der Waals surface area contributed by atoms with Crippen molar-refractivity contribution >= 4 is 23.8 Å². The lowest BCUT2D eigenvalue weighted by atomic mass is 9.99. The Balaban J connectivity index is 1.77. The monoisotopic (exact) mass is 473 g/mol. The molecule has 9 heteroatoms. The second-order valence-corrected chi connectivity index (χ2v) is 9.64. The smallest absolute Gasteiger partial charge is 0.331 e. The number of carbonyl (C=O) groups excluding carboxylic acids is 4. The molecular formula is C25H35N3O6. The average Bonchev–Trinajstić information content (AvgIpc) is 2.79. The summed E-state index contributed by atoms with van der Waals surface area (Å²) in [7, 11) is 0. The molecule has 0 aliphatic carbocycles. The van der Waals surface area contributed by atoms with Crippen LogP contribution in [0.5, 0.6) is 0 Å². The van der Waals surface area contributed by atoms with Gasteiger partial charge in [0.15, 0.2) is 6.04 Å². The molecule has 1 aromatic rings. The van der Waals surface area contributed by atoms with Gasteiger partial charge in [0.05, 0.1) is 19.1 Å². The molecular weight excluding hydrogens is 438 g/mol. The van der Waals surface area contributed by atoms with Gasteiger partial charge in [-0.15, -0.1) is 0 Å². The van der Waals surface area contributed by atoms with Crippen LogP contribution >= 0.6 is 0 Å². The molecule has 3 rings (SSSR count). The Morgan fingerprint density at radius 3 is 2.53 bits per heavy atom. The third-order valence-corrected chi connectivity index (χ3v) is 5.81. The minimum Gasteiger partial charge on any atom is -0.465 e. The van der Waals surface area contributed by atoms with Crippen molar-refractivity contribution in [3.63, 3.8) is 0 Å². The van der Waals surface area contributed by atoms with Crippen molar-refractivity contribution in [1.82, 2.24) is 15.3 Å². The topological polar surface area (TPSA) is 105 Å². The number of hydrogen-bond donors (Lipinski definition) is 1. The van der Waals surface area contributed by atoms with Crippen LogP contribution in [0.3, 0.4) is 0 Å². The second-order valence-electron chi connectivity index (χ2n) is 9.64. The van der Waals surface area contributed by atoms with Crippen LogP contribution in [-0.4, -0.2) is 70.6 Å². The van der Waals surface area contributed by atoms with E-state index in [2.05, 4.69) is 5.32 Å². The third kappa shape index (κ3) is 6.34. The highest BCUT2D eigenvalue weighted by atomic mass is 16.6. The summed E-state index contributed by atoms with van der Waals surface area (Å²) in [5.74, 6) is -1.69. The fourth-order valence-electron chi connectivity index (χ4n) is 4.31. The number of nitrogens with one attached hydrogen (secondary N) is 1. The van der Waals surface area contributed by atoms with Crippen molar-refractivity contribution in [3.8, 4) is 0 Å². The predicted molar refractivity (Wildman–Crippen MR) is 124 cm³/mol. The normalized spacial score (nSPS) is 21.6. The number of rotatable bonds is 8. The molecule has 2 aliphatic heterocycles.